The van der Waals surface area contributed by atoms with Crippen LogP contribution in [0.2, 0.25) is 10.0 Å². The van der Waals surface area contributed by atoms with Gasteiger partial charge in [0, 0.05) is 36.7 Å². The van der Waals surface area contributed by atoms with E-state index in [1.165, 1.54) is 0 Å². The van der Waals surface area contributed by atoms with E-state index in [4.69, 9.17) is 27.9 Å². The average Bonchev–Trinajstić information content (AvgIpc) is 3.14. The number of aliphatic imine (C=N–C) groups is 1. The molecule has 2 aromatic rings. The molecule has 0 radical (unpaired) electrons. The number of aryl methyl sites for hydroxylation is 1. The van der Waals surface area contributed by atoms with Gasteiger partial charge in [-0.25, -0.2) is 0 Å². The SMILES string of the molecule is CCn1cnnc1CNC(=NC)N1CCC(COc2cc(Cl)cc(Cl)c2)CC1. The van der Waals surface area contributed by atoms with E-state index >= 15 is 0 Å². The summed E-state index contributed by atoms with van der Waals surface area (Å²) in [6, 6.07) is 5.29. The number of benzene rings is 1. The van der Waals surface area contributed by atoms with E-state index in [-0.39, 0.29) is 0 Å². The van der Waals surface area contributed by atoms with Crippen molar-refractivity contribution in [3.8, 4) is 5.75 Å². The smallest absolute Gasteiger partial charge is 0.194 e. The molecule has 2 heterocycles. The maximum absolute atomic E-state index is 6.03. The Balaban J connectivity index is 1.45. The zero-order valence-electron chi connectivity index (χ0n) is 16.2. The maximum atomic E-state index is 6.03. The molecule has 0 spiro atoms. The molecule has 1 fully saturated rings. The van der Waals surface area contributed by atoms with Crippen LogP contribution in [0.4, 0.5) is 0 Å². The molecule has 1 aromatic heterocycles. The Morgan fingerprint density at radius 3 is 2.61 bits per heavy atom. The summed E-state index contributed by atoms with van der Waals surface area (Å²) in [5.41, 5.74) is 0. The van der Waals surface area contributed by atoms with Gasteiger partial charge in [0.25, 0.3) is 0 Å². The summed E-state index contributed by atoms with van der Waals surface area (Å²) in [5, 5.41) is 12.7. The van der Waals surface area contributed by atoms with Gasteiger partial charge in [0.15, 0.2) is 11.8 Å². The van der Waals surface area contributed by atoms with Crippen molar-refractivity contribution in [2.75, 3.05) is 26.7 Å². The third kappa shape index (κ3) is 5.52. The lowest BCUT2D eigenvalue weighted by atomic mass is 9.98. The minimum absolute atomic E-state index is 0.496. The monoisotopic (exact) mass is 424 g/mol. The number of hydrogen-bond donors (Lipinski definition) is 1. The van der Waals surface area contributed by atoms with Crippen molar-refractivity contribution in [2.45, 2.75) is 32.9 Å². The number of nitrogens with zero attached hydrogens (tertiary/aromatic N) is 5. The predicted molar refractivity (Wildman–Crippen MR) is 112 cm³/mol. The Hall–Kier alpha value is -1.99. The molecule has 0 saturated carbocycles. The van der Waals surface area contributed by atoms with Crippen molar-refractivity contribution < 1.29 is 4.74 Å². The lowest BCUT2D eigenvalue weighted by Crippen LogP contribution is -2.46. The number of aromatic nitrogens is 3. The first kappa shape index (κ1) is 20.7. The van der Waals surface area contributed by atoms with Gasteiger partial charge in [-0.2, -0.15) is 0 Å². The largest absolute Gasteiger partial charge is 0.493 e. The number of hydrogen-bond acceptors (Lipinski definition) is 4. The number of nitrogens with one attached hydrogen (secondary N) is 1. The van der Waals surface area contributed by atoms with Crippen molar-refractivity contribution in [3.05, 3.63) is 40.4 Å². The Morgan fingerprint density at radius 1 is 1.25 bits per heavy atom. The van der Waals surface area contributed by atoms with E-state index in [1.54, 1.807) is 24.5 Å². The molecule has 0 bridgehead atoms. The molecule has 1 aliphatic heterocycles. The molecule has 0 aliphatic carbocycles. The second-order valence-electron chi connectivity index (χ2n) is 6.78. The number of ether oxygens (including phenoxy) is 1. The van der Waals surface area contributed by atoms with Gasteiger partial charge in [-0.05, 0) is 43.9 Å². The summed E-state index contributed by atoms with van der Waals surface area (Å²) in [4.78, 5) is 6.70. The van der Waals surface area contributed by atoms with Crippen LogP contribution < -0.4 is 10.1 Å². The normalized spacial score (nSPS) is 15.7. The van der Waals surface area contributed by atoms with Crippen molar-refractivity contribution in [1.29, 1.82) is 0 Å². The van der Waals surface area contributed by atoms with Crippen LogP contribution in [-0.4, -0.2) is 52.4 Å². The quantitative estimate of drug-likeness (QED) is 0.567. The van der Waals surface area contributed by atoms with E-state index in [0.29, 0.717) is 29.1 Å². The highest BCUT2D eigenvalue weighted by Gasteiger charge is 2.22. The van der Waals surface area contributed by atoms with Crippen LogP contribution in [0.25, 0.3) is 0 Å². The fraction of sp³-hybridized carbons (Fsp3) is 0.526. The molecule has 1 saturated heterocycles. The topological polar surface area (TPSA) is 67.6 Å². The molecule has 0 unspecified atom stereocenters. The molecule has 9 heteroatoms. The molecule has 1 aliphatic rings. The zero-order valence-corrected chi connectivity index (χ0v) is 17.7. The van der Waals surface area contributed by atoms with Gasteiger partial charge in [0.1, 0.15) is 12.1 Å². The molecule has 3 rings (SSSR count). The Labute approximate surface area is 175 Å². The Kier molecular flexibility index (Phi) is 7.39. The van der Waals surface area contributed by atoms with E-state index in [1.807, 2.05) is 11.6 Å². The van der Waals surface area contributed by atoms with Gasteiger partial charge in [-0.15, -0.1) is 10.2 Å². The van der Waals surface area contributed by atoms with E-state index in [2.05, 4.69) is 32.3 Å². The first-order chi connectivity index (χ1) is 13.6. The highest BCUT2D eigenvalue weighted by atomic mass is 35.5. The van der Waals surface area contributed by atoms with Crippen molar-refractivity contribution in [2.24, 2.45) is 10.9 Å². The highest BCUT2D eigenvalue weighted by Crippen LogP contribution is 2.26. The summed E-state index contributed by atoms with van der Waals surface area (Å²) in [6.45, 7) is 6.07. The molecule has 1 aromatic carbocycles. The molecule has 152 valence electrons. The van der Waals surface area contributed by atoms with Crippen LogP contribution in [0.15, 0.2) is 29.5 Å². The summed E-state index contributed by atoms with van der Waals surface area (Å²) in [7, 11) is 1.81. The van der Waals surface area contributed by atoms with Crippen LogP contribution in [0.5, 0.6) is 5.75 Å². The zero-order chi connectivity index (χ0) is 19.9. The second-order valence-corrected chi connectivity index (χ2v) is 7.65. The van der Waals surface area contributed by atoms with Crippen LogP contribution in [0.1, 0.15) is 25.6 Å². The van der Waals surface area contributed by atoms with Crippen molar-refractivity contribution >= 4 is 29.2 Å². The molecular weight excluding hydrogens is 399 g/mol. The van der Waals surface area contributed by atoms with Crippen LogP contribution >= 0.6 is 23.2 Å². The van der Waals surface area contributed by atoms with Gasteiger partial charge < -0.3 is 19.5 Å². The molecule has 7 nitrogen and oxygen atoms in total. The van der Waals surface area contributed by atoms with Gasteiger partial charge in [-0.1, -0.05) is 23.2 Å². The first-order valence-corrected chi connectivity index (χ1v) is 10.3. The van der Waals surface area contributed by atoms with Crippen LogP contribution in [0.3, 0.4) is 0 Å². The Morgan fingerprint density at radius 2 is 1.96 bits per heavy atom. The molecule has 28 heavy (non-hydrogen) atoms. The summed E-state index contributed by atoms with van der Waals surface area (Å²) >= 11 is 12.1. The van der Waals surface area contributed by atoms with E-state index in [9.17, 15) is 0 Å². The van der Waals surface area contributed by atoms with Crippen LogP contribution in [0, 0.1) is 5.92 Å². The molecule has 1 N–H and O–H groups in total. The summed E-state index contributed by atoms with van der Waals surface area (Å²) in [5.74, 6) is 3.02. The minimum Gasteiger partial charge on any atom is -0.493 e. The summed E-state index contributed by atoms with van der Waals surface area (Å²) < 4.78 is 7.92. The number of likely N-dealkylation sites (tertiary alicyclic amines) is 1. The van der Waals surface area contributed by atoms with Crippen molar-refractivity contribution in [1.82, 2.24) is 25.0 Å². The molecular formula is C19H26Cl2N6O. The fourth-order valence-corrected chi connectivity index (χ4v) is 3.81. The molecule has 0 amide bonds. The van der Waals surface area contributed by atoms with E-state index in [0.717, 1.165) is 50.0 Å². The fourth-order valence-electron chi connectivity index (χ4n) is 3.31. The third-order valence-corrected chi connectivity index (χ3v) is 5.33. The Bertz CT molecular complexity index is 781. The number of guanidine groups is 1. The highest BCUT2D eigenvalue weighted by molar-refractivity contribution is 6.34. The lowest BCUT2D eigenvalue weighted by Gasteiger charge is -2.34. The maximum Gasteiger partial charge on any atom is 0.194 e. The summed E-state index contributed by atoms with van der Waals surface area (Å²) in [6.07, 6.45) is 3.83. The minimum atomic E-state index is 0.496. The number of piperidine rings is 1. The third-order valence-electron chi connectivity index (χ3n) is 4.89. The average molecular weight is 425 g/mol. The predicted octanol–water partition coefficient (Wildman–Crippen LogP) is 3.47. The van der Waals surface area contributed by atoms with Gasteiger partial charge in [0.2, 0.25) is 0 Å². The second kappa shape index (κ2) is 9.98. The van der Waals surface area contributed by atoms with Gasteiger partial charge in [-0.3, -0.25) is 4.99 Å². The molecule has 0 atom stereocenters. The lowest BCUT2D eigenvalue weighted by molar-refractivity contribution is 0.179. The van der Waals surface area contributed by atoms with Gasteiger partial charge >= 0.3 is 0 Å². The van der Waals surface area contributed by atoms with Gasteiger partial charge in [0.05, 0.1) is 13.2 Å². The number of rotatable bonds is 6. The van der Waals surface area contributed by atoms with Crippen LogP contribution in [-0.2, 0) is 13.1 Å². The van der Waals surface area contributed by atoms with Crippen molar-refractivity contribution in [3.63, 3.8) is 0 Å². The standard InChI is InChI=1S/C19H26Cl2N6O/c1-3-26-13-24-25-18(26)11-23-19(22-2)27-6-4-14(5-7-27)12-28-17-9-15(20)8-16(21)10-17/h8-10,13-14H,3-7,11-12H2,1-2H3,(H,22,23). The number of halogens is 2. The first-order valence-electron chi connectivity index (χ1n) is 9.50. The van der Waals surface area contributed by atoms with E-state index < -0.39 is 0 Å².